The van der Waals surface area contributed by atoms with Gasteiger partial charge in [-0.05, 0) is 53.7 Å². The van der Waals surface area contributed by atoms with Gasteiger partial charge in [0.05, 0.1) is 23.6 Å². The van der Waals surface area contributed by atoms with E-state index in [4.69, 9.17) is 9.47 Å². The lowest BCUT2D eigenvalue weighted by molar-refractivity contribution is -0.143. The number of hydrogen-bond donors (Lipinski definition) is 0. The molecule has 1 aromatic carbocycles. The number of sulfonamides is 1. The number of rotatable bonds is 7. The Morgan fingerprint density at radius 3 is 1.97 bits per heavy atom. The third-order valence-electron chi connectivity index (χ3n) is 3.63. The van der Waals surface area contributed by atoms with Gasteiger partial charge in [-0.2, -0.15) is 0 Å². The summed E-state index contributed by atoms with van der Waals surface area (Å²) in [5.74, 6) is -3.24. The average molecular weight is 426 g/mol. The number of carbonyl (C=O) groups excluding carboxylic acids is 3. The molecule has 0 saturated carbocycles. The maximum atomic E-state index is 13.2. The number of aryl methyl sites for hydroxylation is 1. The van der Waals surface area contributed by atoms with Crippen molar-refractivity contribution < 1.29 is 32.3 Å². The highest BCUT2D eigenvalue weighted by Crippen LogP contribution is 2.27. The molecule has 0 bridgehead atoms. The second-order valence-corrected chi connectivity index (χ2v) is 8.88. The average Bonchev–Trinajstić information content (AvgIpc) is 2.58. The normalized spacial score (nSPS) is 12.3. The van der Waals surface area contributed by atoms with E-state index in [2.05, 4.69) is 0 Å². The highest BCUT2D eigenvalue weighted by Gasteiger charge is 2.41. The molecule has 0 spiro atoms. The van der Waals surface area contributed by atoms with Gasteiger partial charge in [0.1, 0.15) is 5.57 Å². The van der Waals surface area contributed by atoms with Gasteiger partial charge in [0.2, 0.25) is 0 Å². The van der Waals surface area contributed by atoms with Gasteiger partial charge < -0.3 is 9.47 Å². The van der Waals surface area contributed by atoms with Crippen molar-refractivity contribution in [2.45, 2.75) is 52.0 Å². The van der Waals surface area contributed by atoms with E-state index < -0.39 is 39.0 Å². The van der Waals surface area contributed by atoms with Crippen molar-refractivity contribution in [3.63, 3.8) is 0 Å². The molecule has 29 heavy (non-hydrogen) atoms. The van der Waals surface area contributed by atoms with Crippen LogP contribution in [0.4, 0.5) is 0 Å². The number of amides is 1. The summed E-state index contributed by atoms with van der Waals surface area (Å²) in [4.78, 5) is 37.3. The Kier molecular flexibility index (Phi) is 8.14. The predicted octanol–water partition coefficient (Wildman–Crippen LogP) is 2.36. The van der Waals surface area contributed by atoms with Crippen LogP contribution in [-0.2, 0) is 33.9 Å². The molecule has 0 N–H and O–H groups in total. The SMILES string of the molecule is CCOC(=O)/C=C(\C(=O)OCC)C(=O)N(C(C)(C)C)S(=O)(=O)c1ccc(C)cc1. The summed E-state index contributed by atoms with van der Waals surface area (Å²) in [6, 6.07) is 5.93. The first-order valence-corrected chi connectivity index (χ1v) is 10.5. The number of nitrogens with zero attached hydrogens (tertiary/aromatic N) is 1. The number of ether oxygens (including phenoxy) is 2. The van der Waals surface area contributed by atoms with Crippen molar-refractivity contribution in [1.82, 2.24) is 4.31 Å². The fraction of sp³-hybridized carbons (Fsp3) is 0.450. The van der Waals surface area contributed by atoms with Crippen LogP contribution in [0.1, 0.15) is 40.2 Å². The summed E-state index contributed by atoms with van der Waals surface area (Å²) in [7, 11) is -4.33. The monoisotopic (exact) mass is 425 g/mol. The molecule has 0 aliphatic rings. The lowest BCUT2D eigenvalue weighted by atomic mass is 10.1. The van der Waals surface area contributed by atoms with E-state index in [1.807, 2.05) is 0 Å². The zero-order valence-electron chi connectivity index (χ0n) is 17.5. The summed E-state index contributed by atoms with van der Waals surface area (Å²) < 4.78 is 36.7. The zero-order valence-corrected chi connectivity index (χ0v) is 18.3. The molecule has 1 amide bonds. The zero-order chi connectivity index (χ0) is 22.4. The minimum absolute atomic E-state index is 0.0181. The van der Waals surface area contributed by atoms with Gasteiger partial charge in [0.15, 0.2) is 0 Å². The van der Waals surface area contributed by atoms with Crippen LogP contribution in [0.3, 0.4) is 0 Å². The Labute approximate surface area is 171 Å². The molecular weight excluding hydrogens is 398 g/mol. The van der Waals surface area contributed by atoms with Gasteiger partial charge in [-0.3, -0.25) is 4.79 Å². The van der Waals surface area contributed by atoms with Crippen molar-refractivity contribution in [3.05, 3.63) is 41.5 Å². The number of benzene rings is 1. The molecule has 0 saturated heterocycles. The number of esters is 2. The summed E-state index contributed by atoms with van der Waals surface area (Å²) in [5, 5.41) is 0. The van der Waals surface area contributed by atoms with Gasteiger partial charge in [0, 0.05) is 6.08 Å². The molecule has 160 valence electrons. The molecule has 8 nitrogen and oxygen atoms in total. The smallest absolute Gasteiger partial charge is 0.344 e. The second kappa shape index (κ2) is 9.69. The minimum atomic E-state index is -4.33. The summed E-state index contributed by atoms with van der Waals surface area (Å²) >= 11 is 0. The highest BCUT2D eigenvalue weighted by atomic mass is 32.2. The van der Waals surface area contributed by atoms with E-state index in [0.717, 1.165) is 5.56 Å². The summed E-state index contributed by atoms with van der Waals surface area (Å²) in [6.07, 6.45) is 0.660. The fourth-order valence-electron chi connectivity index (χ4n) is 2.42. The van der Waals surface area contributed by atoms with Crippen LogP contribution in [0.25, 0.3) is 0 Å². The van der Waals surface area contributed by atoms with Crippen molar-refractivity contribution in [3.8, 4) is 0 Å². The summed E-state index contributed by atoms with van der Waals surface area (Å²) in [5.41, 5.74) is -1.12. The third kappa shape index (κ3) is 6.15. The Balaban J connectivity index is 3.58. The lowest BCUT2D eigenvalue weighted by Gasteiger charge is -2.34. The Bertz CT molecular complexity index is 894. The second-order valence-electron chi connectivity index (χ2n) is 7.09. The standard InChI is InChI=1S/C20H27NO7S/c1-7-27-17(22)13-16(19(24)28-8-2)18(23)21(20(4,5)6)29(25,26)15-11-9-14(3)10-12-15/h9-13H,7-8H2,1-6H3/b16-13-. The van der Waals surface area contributed by atoms with E-state index in [9.17, 15) is 22.8 Å². The van der Waals surface area contributed by atoms with Crippen molar-refractivity contribution in [2.75, 3.05) is 13.2 Å². The lowest BCUT2D eigenvalue weighted by Crippen LogP contribution is -2.50. The first-order chi connectivity index (χ1) is 13.4. The first kappa shape index (κ1) is 24.4. The van der Waals surface area contributed by atoms with E-state index >= 15 is 0 Å². The molecule has 0 aliphatic heterocycles. The maximum Gasteiger partial charge on any atom is 0.344 e. The molecule has 0 unspecified atom stereocenters. The maximum absolute atomic E-state index is 13.2. The van der Waals surface area contributed by atoms with E-state index in [0.29, 0.717) is 10.4 Å². The minimum Gasteiger partial charge on any atom is -0.463 e. The van der Waals surface area contributed by atoms with Crippen LogP contribution in [0.5, 0.6) is 0 Å². The van der Waals surface area contributed by atoms with E-state index in [-0.39, 0.29) is 18.1 Å². The molecule has 1 aromatic rings. The predicted molar refractivity (Wildman–Crippen MR) is 106 cm³/mol. The molecular formula is C20H27NO7S. The van der Waals surface area contributed by atoms with E-state index in [1.165, 1.54) is 39.8 Å². The van der Waals surface area contributed by atoms with Crippen LogP contribution in [0.15, 0.2) is 40.8 Å². The van der Waals surface area contributed by atoms with Crippen LogP contribution < -0.4 is 0 Å². The molecule has 1 rings (SSSR count). The third-order valence-corrected chi connectivity index (χ3v) is 5.69. The van der Waals surface area contributed by atoms with Crippen LogP contribution in [0, 0.1) is 6.92 Å². The van der Waals surface area contributed by atoms with Crippen LogP contribution in [0.2, 0.25) is 0 Å². The van der Waals surface area contributed by atoms with Crippen molar-refractivity contribution in [1.29, 1.82) is 0 Å². The topological polar surface area (TPSA) is 107 Å². The molecule has 0 heterocycles. The van der Waals surface area contributed by atoms with Crippen LogP contribution >= 0.6 is 0 Å². The Morgan fingerprint density at radius 1 is 1.00 bits per heavy atom. The van der Waals surface area contributed by atoms with Gasteiger partial charge in [-0.1, -0.05) is 17.7 Å². The van der Waals surface area contributed by atoms with Gasteiger partial charge in [0.25, 0.3) is 15.9 Å². The number of carbonyl (C=O) groups is 3. The molecule has 0 radical (unpaired) electrons. The Hall–Kier alpha value is -2.68. The molecule has 0 aliphatic carbocycles. The number of hydrogen-bond acceptors (Lipinski definition) is 7. The van der Waals surface area contributed by atoms with Crippen molar-refractivity contribution >= 4 is 27.9 Å². The molecule has 0 aromatic heterocycles. The summed E-state index contributed by atoms with van der Waals surface area (Å²) in [6.45, 7) is 9.34. The van der Waals surface area contributed by atoms with Crippen LogP contribution in [-0.4, -0.2) is 49.3 Å². The van der Waals surface area contributed by atoms with E-state index in [1.54, 1.807) is 26.0 Å². The van der Waals surface area contributed by atoms with Gasteiger partial charge >= 0.3 is 11.9 Å². The van der Waals surface area contributed by atoms with Crippen molar-refractivity contribution in [2.24, 2.45) is 0 Å². The molecule has 0 fully saturated rings. The highest BCUT2D eigenvalue weighted by molar-refractivity contribution is 7.89. The Morgan fingerprint density at radius 2 is 1.52 bits per heavy atom. The first-order valence-electron chi connectivity index (χ1n) is 9.08. The largest absolute Gasteiger partial charge is 0.463 e. The fourth-order valence-corrected chi connectivity index (χ4v) is 4.15. The van der Waals surface area contributed by atoms with Gasteiger partial charge in [-0.25, -0.2) is 22.3 Å². The molecule has 0 atom stereocenters. The quantitative estimate of drug-likeness (QED) is 0.286. The van der Waals surface area contributed by atoms with Gasteiger partial charge in [-0.15, -0.1) is 0 Å². The molecule has 9 heteroatoms.